The highest BCUT2D eigenvalue weighted by Crippen LogP contribution is 2.37. The number of halogens is 6. The van der Waals surface area contributed by atoms with Crippen molar-refractivity contribution in [3.63, 3.8) is 0 Å². The fourth-order valence-electron chi connectivity index (χ4n) is 2.28. The smallest absolute Gasteiger partial charge is 0.363 e. The van der Waals surface area contributed by atoms with Gasteiger partial charge < -0.3 is 15.5 Å². The molecule has 0 radical (unpaired) electrons. The summed E-state index contributed by atoms with van der Waals surface area (Å²) in [6.45, 7) is 1.53. The second-order valence-electron chi connectivity index (χ2n) is 6.28. The number of nitrogens with zero attached hydrogens (tertiary/aromatic N) is 3. The minimum atomic E-state index is -5.01. The maximum Gasteiger partial charge on any atom is 0.416 e. The molecule has 2 rings (SSSR count). The molecule has 0 aliphatic rings. The molecular formula is C17H17F6N5O. The molecule has 0 aliphatic heterocycles. The van der Waals surface area contributed by atoms with E-state index in [4.69, 9.17) is 0 Å². The van der Waals surface area contributed by atoms with Gasteiger partial charge in [-0.3, -0.25) is 0 Å². The van der Waals surface area contributed by atoms with Crippen LogP contribution in [-0.2, 0) is 18.9 Å². The van der Waals surface area contributed by atoms with Gasteiger partial charge in [-0.15, -0.1) is 0 Å². The lowest BCUT2D eigenvalue weighted by molar-refractivity contribution is -0.143. The van der Waals surface area contributed by atoms with Crippen molar-refractivity contribution in [2.45, 2.75) is 25.8 Å². The van der Waals surface area contributed by atoms with Gasteiger partial charge in [0.1, 0.15) is 11.6 Å². The number of aryl methyl sites for hydroxylation is 1. The van der Waals surface area contributed by atoms with E-state index in [9.17, 15) is 31.1 Å². The average molecular weight is 421 g/mol. The molecule has 2 amide bonds. The van der Waals surface area contributed by atoms with Gasteiger partial charge in [0.05, 0.1) is 17.7 Å². The number of hydrogen-bond donors (Lipinski definition) is 2. The van der Waals surface area contributed by atoms with Crippen LogP contribution in [0.3, 0.4) is 0 Å². The molecule has 29 heavy (non-hydrogen) atoms. The van der Waals surface area contributed by atoms with Crippen molar-refractivity contribution in [3.8, 4) is 0 Å². The minimum absolute atomic E-state index is 0.0214. The predicted molar refractivity (Wildman–Crippen MR) is 93.4 cm³/mol. The van der Waals surface area contributed by atoms with Gasteiger partial charge in [0.15, 0.2) is 0 Å². The normalized spacial score (nSPS) is 11.9. The van der Waals surface area contributed by atoms with E-state index in [1.54, 1.807) is 32.0 Å². The first-order chi connectivity index (χ1) is 13.3. The lowest BCUT2D eigenvalue weighted by atomic mass is 10.1. The highest BCUT2D eigenvalue weighted by molar-refractivity contribution is 5.89. The third-order valence-electron chi connectivity index (χ3n) is 3.60. The fraction of sp³-hybridized carbons (Fsp3) is 0.353. The molecule has 6 nitrogen and oxygen atoms in total. The summed E-state index contributed by atoms with van der Waals surface area (Å²) in [4.78, 5) is 22.0. The van der Waals surface area contributed by atoms with E-state index in [1.807, 2.05) is 5.32 Å². The summed E-state index contributed by atoms with van der Waals surface area (Å²) in [6, 6.07) is 1.51. The van der Waals surface area contributed by atoms with Crippen LogP contribution in [0, 0.1) is 6.92 Å². The van der Waals surface area contributed by atoms with Crippen molar-refractivity contribution >= 4 is 17.5 Å². The fourth-order valence-corrected chi connectivity index (χ4v) is 2.28. The van der Waals surface area contributed by atoms with Gasteiger partial charge in [-0.25, -0.2) is 14.8 Å². The molecular weight excluding hydrogens is 404 g/mol. The highest BCUT2D eigenvalue weighted by atomic mass is 19.4. The van der Waals surface area contributed by atoms with Crippen LogP contribution >= 0.6 is 0 Å². The van der Waals surface area contributed by atoms with Crippen LogP contribution in [0.4, 0.5) is 42.6 Å². The van der Waals surface area contributed by atoms with Crippen LogP contribution in [-0.4, -0.2) is 30.1 Å². The van der Waals surface area contributed by atoms with Crippen molar-refractivity contribution in [2.24, 2.45) is 0 Å². The van der Waals surface area contributed by atoms with Crippen LogP contribution in [0.15, 0.2) is 24.3 Å². The van der Waals surface area contributed by atoms with E-state index in [-0.39, 0.29) is 18.4 Å². The number of amides is 2. The Morgan fingerprint density at radius 1 is 0.966 bits per heavy atom. The first kappa shape index (κ1) is 22.2. The number of anilines is 2. The quantitative estimate of drug-likeness (QED) is 0.726. The van der Waals surface area contributed by atoms with Crippen LogP contribution in [0.1, 0.15) is 22.6 Å². The van der Waals surface area contributed by atoms with Crippen LogP contribution in [0.5, 0.6) is 0 Å². The van der Waals surface area contributed by atoms with Gasteiger partial charge in [-0.05, 0) is 25.1 Å². The number of carbonyl (C=O) groups excluding carboxylic acids is 1. The topological polar surface area (TPSA) is 70.2 Å². The molecule has 0 aliphatic carbocycles. The van der Waals surface area contributed by atoms with Crippen molar-refractivity contribution in [3.05, 3.63) is 46.9 Å². The molecule has 0 bridgehead atoms. The Morgan fingerprint density at radius 2 is 1.52 bits per heavy atom. The van der Waals surface area contributed by atoms with E-state index in [0.717, 1.165) is 0 Å². The summed E-state index contributed by atoms with van der Waals surface area (Å²) in [7, 11) is 3.50. The summed E-state index contributed by atoms with van der Waals surface area (Å²) >= 11 is 0. The van der Waals surface area contributed by atoms with Gasteiger partial charge in [-0.1, -0.05) is 0 Å². The van der Waals surface area contributed by atoms with E-state index < -0.39 is 35.2 Å². The number of aromatic nitrogens is 2. The molecule has 0 unspecified atom stereocenters. The maximum atomic E-state index is 12.9. The molecule has 2 aromatic rings. The summed E-state index contributed by atoms with van der Waals surface area (Å²) in [6.07, 6.45) is -10.0. The standard InChI is InChI=1S/C17H17F6N5O/c1-9-4-14(28(2)3)27-13(25-9)8-24-15(29)26-12-6-10(16(18,19)20)5-11(7-12)17(21,22)23/h4-7H,8H2,1-3H3,(H2,24,26,29). The van der Waals surface area contributed by atoms with E-state index in [1.165, 1.54) is 0 Å². The Hall–Kier alpha value is -3.05. The Balaban J connectivity index is 2.16. The van der Waals surface area contributed by atoms with E-state index in [0.29, 0.717) is 23.6 Å². The number of benzene rings is 1. The molecule has 1 aromatic heterocycles. The molecule has 1 aromatic carbocycles. The van der Waals surface area contributed by atoms with E-state index in [2.05, 4.69) is 15.3 Å². The van der Waals surface area contributed by atoms with Crippen molar-refractivity contribution < 1.29 is 31.1 Å². The summed E-state index contributed by atoms with van der Waals surface area (Å²) in [5, 5.41) is 4.27. The SMILES string of the molecule is Cc1cc(N(C)C)nc(CNC(=O)Nc2cc(C(F)(F)F)cc(C(F)(F)F)c2)n1. The molecule has 0 fully saturated rings. The lowest BCUT2D eigenvalue weighted by Crippen LogP contribution is -2.29. The van der Waals surface area contributed by atoms with Crippen LogP contribution in [0.25, 0.3) is 0 Å². The summed E-state index contributed by atoms with van der Waals surface area (Å²) in [5.41, 5.74) is -3.09. The predicted octanol–water partition coefficient (Wildman–Crippen LogP) is 4.21. The van der Waals surface area contributed by atoms with Crippen LogP contribution in [0.2, 0.25) is 0 Å². The molecule has 2 N–H and O–H groups in total. The molecule has 158 valence electrons. The van der Waals surface area contributed by atoms with Crippen molar-refractivity contribution in [1.82, 2.24) is 15.3 Å². The number of rotatable bonds is 4. The molecule has 0 atom stereocenters. The molecule has 0 spiro atoms. The third kappa shape index (κ3) is 6.22. The Labute approximate surface area is 161 Å². The average Bonchev–Trinajstić information content (AvgIpc) is 2.57. The summed E-state index contributed by atoms with van der Waals surface area (Å²) in [5.74, 6) is 0.797. The van der Waals surface area contributed by atoms with Gasteiger partial charge >= 0.3 is 18.4 Å². The first-order valence-electron chi connectivity index (χ1n) is 8.12. The first-order valence-corrected chi connectivity index (χ1v) is 8.12. The minimum Gasteiger partial charge on any atom is -0.363 e. The number of carbonyl (C=O) groups is 1. The largest absolute Gasteiger partial charge is 0.416 e. The molecule has 0 saturated carbocycles. The maximum absolute atomic E-state index is 12.9. The Bertz CT molecular complexity index is 863. The second kappa shape index (κ2) is 8.13. The van der Waals surface area contributed by atoms with Gasteiger partial charge in [0, 0.05) is 31.5 Å². The number of nitrogens with one attached hydrogen (secondary N) is 2. The van der Waals surface area contributed by atoms with Crippen molar-refractivity contribution in [1.29, 1.82) is 0 Å². The summed E-state index contributed by atoms with van der Waals surface area (Å²) < 4.78 is 77.2. The van der Waals surface area contributed by atoms with Gasteiger partial charge in [-0.2, -0.15) is 26.3 Å². The Kier molecular flexibility index (Phi) is 6.24. The highest BCUT2D eigenvalue weighted by Gasteiger charge is 2.37. The zero-order chi connectivity index (χ0) is 22.0. The third-order valence-corrected chi connectivity index (χ3v) is 3.60. The van der Waals surface area contributed by atoms with Crippen LogP contribution < -0.4 is 15.5 Å². The molecule has 1 heterocycles. The molecule has 12 heteroatoms. The zero-order valence-electron chi connectivity index (χ0n) is 15.5. The van der Waals surface area contributed by atoms with Gasteiger partial charge in [0.2, 0.25) is 0 Å². The molecule has 0 saturated heterocycles. The van der Waals surface area contributed by atoms with E-state index >= 15 is 0 Å². The lowest BCUT2D eigenvalue weighted by Gasteiger charge is -2.15. The monoisotopic (exact) mass is 421 g/mol. The van der Waals surface area contributed by atoms with Gasteiger partial charge in [0.25, 0.3) is 0 Å². The number of urea groups is 1. The zero-order valence-corrected chi connectivity index (χ0v) is 15.5. The van der Waals surface area contributed by atoms with Crippen molar-refractivity contribution in [2.75, 3.05) is 24.3 Å². The number of hydrogen-bond acceptors (Lipinski definition) is 4. The second-order valence-corrected chi connectivity index (χ2v) is 6.28. The Morgan fingerprint density at radius 3 is 2.00 bits per heavy atom. The number of alkyl halides is 6.